The van der Waals surface area contributed by atoms with Gasteiger partial charge < -0.3 is 9.80 Å². The van der Waals surface area contributed by atoms with E-state index in [1.807, 2.05) is 12.1 Å². The molecule has 0 N–H and O–H groups in total. The van der Waals surface area contributed by atoms with Crippen LogP contribution in [0, 0.1) is 19.3 Å². The minimum Gasteiger partial charge on any atom is -0.345 e. The number of rotatable bonds is 5. The van der Waals surface area contributed by atoms with Crippen LogP contribution in [0.5, 0.6) is 0 Å². The maximum absolute atomic E-state index is 14.5. The SMILES string of the molecule is CC(=O)c1nn2c3c(cc(-c4cnc(C)nc4)cc13)CCCCCC(=O)N(C)C[C@@]13C[C@@H](C(=O)Cc4nc(C(F)(F)F)ccc4C)N(C(=O)C2)[C@@H]1C3. The molecule has 272 valence electrons. The van der Waals surface area contributed by atoms with Crippen LogP contribution in [0.2, 0.25) is 0 Å². The van der Waals surface area contributed by atoms with Gasteiger partial charge in [0.25, 0.3) is 0 Å². The van der Waals surface area contributed by atoms with Crippen LogP contribution in [0.15, 0.2) is 36.7 Å². The number of carbonyl (C=O) groups excluding carboxylic acids is 4. The molecule has 3 aliphatic rings. The van der Waals surface area contributed by atoms with Crippen LogP contribution in [-0.2, 0) is 39.9 Å². The highest BCUT2D eigenvalue weighted by molar-refractivity contribution is 6.07. The van der Waals surface area contributed by atoms with Gasteiger partial charge in [-0.3, -0.25) is 23.9 Å². The predicted octanol–water partition coefficient (Wildman–Crippen LogP) is 5.47. The fourth-order valence-electron chi connectivity index (χ4n) is 8.09. The van der Waals surface area contributed by atoms with E-state index in [2.05, 4.69) is 20.1 Å². The van der Waals surface area contributed by atoms with Gasteiger partial charge in [0.2, 0.25) is 11.8 Å². The number of pyridine rings is 1. The minimum atomic E-state index is -4.68. The molecular weight excluding hydrogens is 675 g/mol. The van der Waals surface area contributed by atoms with Crippen LogP contribution in [0.25, 0.3) is 22.0 Å². The summed E-state index contributed by atoms with van der Waals surface area (Å²) < 4.78 is 42.2. The van der Waals surface area contributed by atoms with Gasteiger partial charge >= 0.3 is 6.18 Å². The lowest BCUT2D eigenvalue weighted by atomic mass is 9.94. The topological polar surface area (TPSA) is 131 Å². The number of ketones is 2. The first-order valence-electron chi connectivity index (χ1n) is 17.6. The van der Waals surface area contributed by atoms with Crippen molar-refractivity contribution in [2.24, 2.45) is 5.41 Å². The van der Waals surface area contributed by atoms with Crippen LogP contribution in [0.1, 0.15) is 84.3 Å². The van der Waals surface area contributed by atoms with Crippen molar-refractivity contribution in [1.29, 1.82) is 0 Å². The Morgan fingerprint density at radius 2 is 1.69 bits per heavy atom. The molecule has 0 radical (unpaired) electrons. The van der Waals surface area contributed by atoms with Crippen LogP contribution in [-0.4, -0.2) is 83.6 Å². The van der Waals surface area contributed by atoms with E-state index in [4.69, 9.17) is 0 Å². The van der Waals surface area contributed by atoms with Crippen molar-refractivity contribution >= 4 is 34.3 Å². The highest BCUT2D eigenvalue weighted by Gasteiger charge is 2.67. The second-order valence-electron chi connectivity index (χ2n) is 14.6. The minimum absolute atomic E-state index is 0.0103. The molecule has 7 rings (SSSR count). The van der Waals surface area contributed by atoms with E-state index < -0.39 is 29.1 Å². The Hall–Kier alpha value is -5.01. The number of nitrogens with zero attached hydrogens (tertiary/aromatic N) is 7. The molecule has 1 saturated carbocycles. The number of piperidine rings is 1. The van der Waals surface area contributed by atoms with E-state index >= 15 is 0 Å². The average molecular weight is 716 g/mol. The largest absolute Gasteiger partial charge is 0.433 e. The van der Waals surface area contributed by atoms with E-state index in [0.717, 1.165) is 35.6 Å². The van der Waals surface area contributed by atoms with Gasteiger partial charge in [0.15, 0.2) is 11.6 Å². The molecule has 2 amide bonds. The normalized spacial score (nSPS) is 22.5. The maximum atomic E-state index is 14.5. The van der Waals surface area contributed by atoms with Crippen LogP contribution < -0.4 is 0 Å². The number of carbonyl (C=O) groups is 4. The number of Topliss-reactive ketones (excluding diaryl/α,β-unsaturated/α-hetero) is 2. The van der Waals surface area contributed by atoms with Gasteiger partial charge in [0.05, 0.1) is 23.7 Å². The number of hydrogen-bond donors (Lipinski definition) is 0. The summed E-state index contributed by atoms with van der Waals surface area (Å²) in [5, 5.41) is 5.27. The highest BCUT2D eigenvalue weighted by Crippen LogP contribution is 2.60. The number of aryl methyl sites for hydroxylation is 3. The molecule has 1 saturated heterocycles. The monoisotopic (exact) mass is 715 g/mol. The zero-order chi connectivity index (χ0) is 37.1. The number of hydrogen-bond acceptors (Lipinski definition) is 8. The Bertz CT molecular complexity index is 2110. The summed E-state index contributed by atoms with van der Waals surface area (Å²) in [6.07, 6.45) is 2.43. The van der Waals surface area contributed by atoms with Gasteiger partial charge in [0, 0.05) is 61.7 Å². The predicted molar refractivity (Wildman–Crippen MR) is 184 cm³/mol. The van der Waals surface area contributed by atoms with Crippen molar-refractivity contribution in [2.75, 3.05) is 13.6 Å². The lowest BCUT2D eigenvalue weighted by Gasteiger charge is -2.27. The van der Waals surface area contributed by atoms with Crippen LogP contribution in [0.4, 0.5) is 13.2 Å². The highest BCUT2D eigenvalue weighted by atomic mass is 19.4. The Morgan fingerprint density at radius 1 is 0.962 bits per heavy atom. The summed E-state index contributed by atoms with van der Waals surface area (Å²) in [7, 11) is 1.74. The molecule has 0 unspecified atom stereocenters. The van der Waals surface area contributed by atoms with Gasteiger partial charge in [-0.15, -0.1) is 0 Å². The number of aromatic nitrogens is 5. The van der Waals surface area contributed by atoms with Gasteiger partial charge in [-0.05, 0) is 80.8 Å². The van der Waals surface area contributed by atoms with Gasteiger partial charge in [-0.1, -0.05) is 12.5 Å². The van der Waals surface area contributed by atoms with E-state index in [1.165, 1.54) is 13.0 Å². The van der Waals surface area contributed by atoms with Crippen molar-refractivity contribution in [1.82, 2.24) is 34.5 Å². The molecule has 2 aliphatic heterocycles. The molecular formula is C38H40F3N7O4. The van der Waals surface area contributed by atoms with Crippen molar-refractivity contribution in [3.05, 3.63) is 70.7 Å². The van der Waals surface area contributed by atoms with Crippen molar-refractivity contribution < 1.29 is 32.3 Å². The molecule has 2 bridgehead atoms. The number of benzene rings is 1. The summed E-state index contributed by atoms with van der Waals surface area (Å²) in [4.78, 5) is 70.5. The second-order valence-corrected chi connectivity index (χ2v) is 14.6. The van der Waals surface area contributed by atoms with E-state index in [1.54, 1.807) is 47.8 Å². The molecule has 3 atom stereocenters. The third-order valence-electron chi connectivity index (χ3n) is 10.9. The summed E-state index contributed by atoms with van der Waals surface area (Å²) >= 11 is 0. The zero-order valence-corrected chi connectivity index (χ0v) is 29.6. The third kappa shape index (κ3) is 6.58. The molecule has 3 aromatic heterocycles. The van der Waals surface area contributed by atoms with Crippen molar-refractivity contribution in [3.63, 3.8) is 0 Å². The second kappa shape index (κ2) is 13.2. The first-order chi connectivity index (χ1) is 24.6. The Morgan fingerprint density at radius 3 is 2.40 bits per heavy atom. The zero-order valence-electron chi connectivity index (χ0n) is 29.6. The summed E-state index contributed by atoms with van der Waals surface area (Å²) in [6, 6.07) is 4.79. The first-order valence-corrected chi connectivity index (χ1v) is 17.6. The fourth-order valence-corrected chi connectivity index (χ4v) is 8.09. The molecule has 0 spiro atoms. The third-order valence-corrected chi connectivity index (χ3v) is 10.9. The quantitative estimate of drug-likeness (QED) is 0.249. The summed E-state index contributed by atoms with van der Waals surface area (Å²) in [6.45, 7) is 4.93. The lowest BCUT2D eigenvalue weighted by Crippen LogP contribution is -2.45. The Labute approximate surface area is 298 Å². The fraction of sp³-hybridized carbons (Fsp3) is 0.474. The molecule has 11 nitrogen and oxygen atoms in total. The van der Waals surface area contributed by atoms with Crippen LogP contribution in [0.3, 0.4) is 0 Å². The molecule has 1 aliphatic carbocycles. The van der Waals surface area contributed by atoms with E-state index in [0.29, 0.717) is 54.5 Å². The van der Waals surface area contributed by atoms with Gasteiger partial charge in [0.1, 0.15) is 23.8 Å². The number of alkyl halides is 3. The standard InChI is InChI=1S/C38H40F3N7O4/c1-21-10-11-31(38(39,40)41)44-28(21)14-30(50)29-15-37-16-32(37)48(29)34(52)19-47-36-24(8-6-5-7-9-33(51)46(4)20-37)12-25(26-17-42-23(3)43-18-26)13-27(36)35(45-47)22(2)49/h10-13,17-18,29,32H,5-9,14-16,19-20H2,1-4H3/t29-,32+,37-/m0/s1. The van der Waals surface area contributed by atoms with Gasteiger partial charge in [-0.25, -0.2) is 15.0 Å². The maximum Gasteiger partial charge on any atom is 0.433 e. The average Bonchev–Trinajstić information content (AvgIpc) is 3.48. The van der Waals surface area contributed by atoms with E-state index in [-0.39, 0.29) is 54.4 Å². The lowest BCUT2D eigenvalue weighted by molar-refractivity contribution is -0.141. The molecule has 14 heteroatoms. The molecule has 52 heavy (non-hydrogen) atoms. The Kier molecular flexibility index (Phi) is 8.98. The van der Waals surface area contributed by atoms with Crippen molar-refractivity contribution in [3.8, 4) is 11.1 Å². The molecule has 2 fully saturated rings. The molecule has 1 aromatic carbocycles. The summed E-state index contributed by atoms with van der Waals surface area (Å²) in [5.74, 6) is -0.474. The number of amides is 2. The summed E-state index contributed by atoms with van der Waals surface area (Å²) in [5.41, 5.74) is 2.14. The molecule has 4 aromatic rings. The van der Waals surface area contributed by atoms with Gasteiger partial charge in [-0.2, -0.15) is 18.3 Å². The molecule has 5 heterocycles. The smallest absolute Gasteiger partial charge is 0.345 e. The Balaban J connectivity index is 1.29. The first kappa shape index (κ1) is 35.4. The number of halogens is 3. The van der Waals surface area contributed by atoms with Crippen LogP contribution >= 0.6 is 0 Å². The van der Waals surface area contributed by atoms with Crippen molar-refractivity contribution in [2.45, 2.75) is 96.9 Å². The van der Waals surface area contributed by atoms with E-state index in [9.17, 15) is 32.3 Å².